The van der Waals surface area contributed by atoms with Gasteiger partial charge < -0.3 is 24.6 Å². The van der Waals surface area contributed by atoms with Gasteiger partial charge in [0.05, 0.1) is 18.7 Å². The van der Waals surface area contributed by atoms with Crippen LogP contribution in [0.15, 0.2) is 30.1 Å². The second kappa shape index (κ2) is 9.35. The van der Waals surface area contributed by atoms with Gasteiger partial charge in [-0.1, -0.05) is 0 Å². The Labute approximate surface area is 186 Å². The summed E-state index contributed by atoms with van der Waals surface area (Å²) in [7, 11) is 5.13. The summed E-state index contributed by atoms with van der Waals surface area (Å²) < 4.78 is 4.79. The van der Waals surface area contributed by atoms with Crippen molar-refractivity contribution in [2.24, 2.45) is 0 Å². The molecule has 1 saturated heterocycles. The number of ketones is 1. The molecule has 2 N–H and O–H groups in total. The van der Waals surface area contributed by atoms with Crippen molar-refractivity contribution in [1.29, 1.82) is 0 Å². The normalized spacial score (nSPS) is 17.9. The van der Waals surface area contributed by atoms with Gasteiger partial charge in [-0.05, 0) is 64.2 Å². The number of H-pyrrole nitrogens is 1. The highest BCUT2D eigenvalue weighted by atomic mass is 16.5. The van der Waals surface area contributed by atoms with Gasteiger partial charge in [0.2, 0.25) is 0 Å². The third-order valence-electron chi connectivity index (χ3n) is 5.63. The number of aromatic amines is 1. The van der Waals surface area contributed by atoms with Crippen molar-refractivity contribution in [3.63, 3.8) is 0 Å². The smallest absolute Gasteiger partial charge is 0.354 e. The van der Waals surface area contributed by atoms with Gasteiger partial charge in [0, 0.05) is 30.2 Å². The number of rotatable bonds is 7. The maximum atomic E-state index is 13.1. The number of Topliss-reactive ketones (excluding diaryl/α,β-unsaturated/α-hetero) is 1. The molecular weight excluding hydrogens is 412 g/mol. The number of nitrogens with one attached hydrogen (secondary N) is 1. The van der Waals surface area contributed by atoms with Crippen LogP contribution in [0.3, 0.4) is 0 Å². The third-order valence-corrected chi connectivity index (χ3v) is 5.63. The van der Waals surface area contributed by atoms with Gasteiger partial charge in [-0.2, -0.15) is 0 Å². The molecule has 0 bridgehead atoms. The van der Waals surface area contributed by atoms with Crippen LogP contribution in [0.2, 0.25) is 0 Å². The number of nitrogens with zero attached hydrogens (tertiary/aromatic N) is 3. The molecule has 1 atom stereocenters. The SMILES string of the molecule is COC(=O)c1[nH]c(C)c(/C(O)=C2\C(=O)C(=O)N(CCCN(C)C)[C@@H]2c2ccncc2)c1C. The van der Waals surface area contributed by atoms with Crippen molar-refractivity contribution in [1.82, 2.24) is 19.8 Å². The average molecular weight is 441 g/mol. The van der Waals surface area contributed by atoms with E-state index in [-0.39, 0.29) is 17.0 Å². The van der Waals surface area contributed by atoms with Gasteiger partial charge in [-0.15, -0.1) is 0 Å². The number of amides is 1. The molecule has 0 spiro atoms. The minimum Gasteiger partial charge on any atom is -0.507 e. The van der Waals surface area contributed by atoms with E-state index >= 15 is 0 Å². The number of aromatic nitrogens is 2. The fourth-order valence-electron chi connectivity index (χ4n) is 4.11. The molecule has 0 saturated carbocycles. The molecule has 1 amide bonds. The highest BCUT2D eigenvalue weighted by Crippen LogP contribution is 2.40. The lowest BCUT2D eigenvalue weighted by Gasteiger charge is -2.25. The predicted octanol–water partition coefficient (Wildman–Crippen LogP) is 2.19. The topological polar surface area (TPSA) is 116 Å². The van der Waals surface area contributed by atoms with Crippen LogP contribution in [0.4, 0.5) is 0 Å². The van der Waals surface area contributed by atoms with Crippen LogP contribution in [0, 0.1) is 13.8 Å². The van der Waals surface area contributed by atoms with Crippen LogP contribution < -0.4 is 0 Å². The van der Waals surface area contributed by atoms with E-state index in [1.807, 2.05) is 19.0 Å². The fraction of sp³-hybridized carbons (Fsp3) is 0.391. The first-order valence-electron chi connectivity index (χ1n) is 10.3. The van der Waals surface area contributed by atoms with E-state index in [1.54, 1.807) is 38.4 Å². The van der Waals surface area contributed by atoms with E-state index in [1.165, 1.54) is 12.0 Å². The number of aryl methyl sites for hydroxylation is 1. The monoisotopic (exact) mass is 440 g/mol. The van der Waals surface area contributed by atoms with E-state index in [4.69, 9.17) is 4.74 Å². The molecule has 170 valence electrons. The first-order valence-corrected chi connectivity index (χ1v) is 10.3. The Bertz CT molecular complexity index is 1070. The number of hydrogen-bond donors (Lipinski definition) is 2. The first-order chi connectivity index (χ1) is 15.2. The number of esters is 1. The highest BCUT2D eigenvalue weighted by molar-refractivity contribution is 6.46. The molecule has 1 aliphatic rings. The highest BCUT2D eigenvalue weighted by Gasteiger charge is 2.46. The quantitative estimate of drug-likeness (QED) is 0.293. The molecule has 0 aromatic carbocycles. The zero-order chi connectivity index (χ0) is 23.6. The second-order valence-corrected chi connectivity index (χ2v) is 8.05. The number of likely N-dealkylation sites (tertiary alicyclic amines) is 1. The molecule has 2 aromatic heterocycles. The average Bonchev–Trinajstić information content (AvgIpc) is 3.20. The van der Waals surface area contributed by atoms with E-state index in [0.717, 1.165) is 6.54 Å². The van der Waals surface area contributed by atoms with Crippen LogP contribution in [0.5, 0.6) is 0 Å². The molecule has 3 rings (SSSR count). The molecular formula is C23H28N4O5. The maximum Gasteiger partial charge on any atom is 0.354 e. The van der Waals surface area contributed by atoms with Crippen molar-refractivity contribution in [3.8, 4) is 0 Å². The number of carbonyl (C=O) groups is 3. The number of aliphatic hydroxyl groups is 1. The van der Waals surface area contributed by atoms with Crippen LogP contribution in [-0.2, 0) is 14.3 Å². The Balaban J connectivity index is 2.15. The molecule has 0 aliphatic carbocycles. The van der Waals surface area contributed by atoms with Crippen molar-refractivity contribution in [3.05, 3.63) is 58.2 Å². The van der Waals surface area contributed by atoms with E-state index in [0.29, 0.717) is 35.3 Å². The Kier molecular flexibility index (Phi) is 6.78. The third kappa shape index (κ3) is 4.16. The Morgan fingerprint density at radius 2 is 1.91 bits per heavy atom. The molecule has 1 fully saturated rings. The van der Waals surface area contributed by atoms with Gasteiger partial charge in [0.15, 0.2) is 0 Å². The molecule has 9 heteroatoms. The molecule has 0 radical (unpaired) electrons. The van der Waals surface area contributed by atoms with Gasteiger partial charge in [-0.3, -0.25) is 14.6 Å². The lowest BCUT2D eigenvalue weighted by atomic mass is 9.94. The summed E-state index contributed by atoms with van der Waals surface area (Å²) >= 11 is 0. The Hall–Kier alpha value is -3.46. The van der Waals surface area contributed by atoms with Crippen molar-refractivity contribution < 1.29 is 24.2 Å². The molecule has 2 aromatic rings. The van der Waals surface area contributed by atoms with Gasteiger partial charge in [-0.25, -0.2) is 4.79 Å². The zero-order valence-corrected chi connectivity index (χ0v) is 18.9. The number of carbonyl (C=O) groups excluding carboxylic acids is 3. The predicted molar refractivity (Wildman–Crippen MR) is 118 cm³/mol. The Morgan fingerprint density at radius 1 is 1.25 bits per heavy atom. The van der Waals surface area contributed by atoms with Crippen LogP contribution in [-0.4, -0.2) is 76.8 Å². The lowest BCUT2D eigenvalue weighted by molar-refractivity contribution is -0.139. The zero-order valence-electron chi connectivity index (χ0n) is 18.9. The molecule has 0 unspecified atom stereocenters. The van der Waals surface area contributed by atoms with Crippen LogP contribution >= 0.6 is 0 Å². The number of methoxy groups -OCH3 is 1. The van der Waals surface area contributed by atoms with Crippen LogP contribution in [0.25, 0.3) is 5.76 Å². The lowest BCUT2D eigenvalue weighted by Crippen LogP contribution is -2.32. The summed E-state index contributed by atoms with van der Waals surface area (Å²) in [5.41, 5.74) is 2.10. The summed E-state index contributed by atoms with van der Waals surface area (Å²) in [4.78, 5) is 48.6. The first kappa shape index (κ1) is 23.2. The minimum atomic E-state index is -0.756. The van der Waals surface area contributed by atoms with E-state index < -0.39 is 23.7 Å². The minimum absolute atomic E-state index is 0.00679. The molecule has 1 aliphatic heterocycles. The standard InChI is InChI=1S/C23H28N4O5/c1-13-16(14(2)25-18(13)23(31)32-5)20(28)17-19(15-7-9-24-10-8-15)27(22(30)21(17)29)12-6-11-26(3)4/h7-10,19,25,28H,6,11-12H2,1-5H3/b20-17+/t19-/m1/s1. The number of ether oxygens (including phenoxy) is 1. The van der Waals surface area contributed by atoms with Gasteiger partial charge in [0.25, 0.3) is 11.7 Å². The second-order valence-electron chi connectivity index (χ2n) is 8.05. The summed E-state index contributed by atoms with van der Waals surface area (Å²) in [6, 6.07) is 2.69. The summed E-state index contributed by atoms with van der Waals surface area (Å²) in [6.45, 7) is 4.43. The van der Waals surface area contributed by atoms with Crippen molar-refractivity contribution in [2.75, 3.05) is 34.3 Å². The fourth-order valence-corrected chi connectivity index (χ4v) is 4.11. The number of hydrogen-bond acceptors (Lipinski definition) is 7. The summed E-state index contributed by atoms with van der Waals surface area (Å²) in [5, 5.41) is 11.3. The largest absolute Gasteiger partial charge is 0.507 e. The van der Waals surface area contributed by atoms with Gasteiger partial charge >= 0.3 is 5.97 Å². The summed E-state index contributed by atoms with van der Waals surface area (Å²) in [5.74, 6) is -2.32. The molecule has 3 heterocycles. The summed E-state index contributed by atoms with van der Waals surface area (Å²) in [6.07, 6.45) is 3.82. The molecule has 9 nitrogen and oxygen atoms in total. The van der Waals surface area contributed by atoms with Crippen molar-refractivity contribution >= 4 is 23.4 Å². The van der Waals surface area contributed by atoms with Gasteiger partial charge in [0.1, 0.15) is 11.5 Å². The molecule has 32 heavy (non-hydrogen) atoms. The van der Waals surface area contributed by atoms with E-state index in [2.05, 4.69) is 9.97 Å². The Morgan fingerprint density at radius 3 is 2.50 bits per heavy atom. The van der Waals surface area contributed by atoms with Crippen molar-refractivity contribution in [2.45, 2.75) is 26.3 Å². The number of pyridine rings is 1. The van der Waals surface area contributed by atoms with Crippen LogP contribution in [0.1, 0.15) is 45.3 Å². The van der Waals surface area contributed by atoms with E-state index in [9.17, 15) is 19.5 Å². The number of aliphatic hydroxyl groups excluding tert-OH is 1. The maximum absolute atomic E-state index is 13.1.